The maximum absolute atomic E-state index is 5.59. The molecule has 2 aromatic rings. The van der Waals surface area contributed by atoms with Gasteiger partial charge in [-0.15, -0.1) is 0 Å². The lowest BCUT2D eigenvalue weighted by Gasteiger charge is -2.13. The molecule has 1 aliphatic rings. The molecule has 1 aliphatic heterocycles. The minimum atomic E-state index is 0.240. The highest BCUT2D eigenvalue weighted by Crippen LogP contribution is 2.31. The van der Waals surface area contributed by atoms with Gasteiger partial charge < -0.3 is 24.8 Å². The van der Waals surface area contributed by atoms with Gasteiger partial charge >= 0.3 is 0 Å². The number of hydrogen-bond acceptors (Lipinski definition) is 7. The van der Waals surface area contributed by atoms with E-state index in [2.05, 4.69) is 20.6 Å². The van der Waals surface area contributed by atoms with Gasteiger partial charge in [0.1, 0.15) is 17.3 Å². The molecule has 2 heterocycles. The highest BCUT2D eigenvalue weighted by Gasteiger charge is 2.15. The number of rotatable bonds is 7. The van der Waals surface area contributed by atoms with Gasteiger partial charge in [0.05, 0.1) is 26.0 Å². The van der Waals surface area contributed by atoms with Crippen molar-refractivity contribution in [1.82, 2.24) is 9.97 Å². The standard InChI is InChI=1S/C17H22N4O3/c1-22-12-5-6-15(23-2)14(10-12)20-16-7-8-18-17(21-16)19-11-13-4-3-9-24-13/h5-8,10,13H,3-4,9,11H2,1-2H3,(H2,18,19,20,21). The second-order valence-corrected chi connectivity index (χ2v) is 5.47. The van der Waals surface area contributed by atoms with E-state index < -0.39 is 0 Å². The second kappa shape index (κ2) is 7.83. The van der Waals surface area contributed by atoms with E-state index in [-0.39, 0.29) is 6.10 Å². The maximum Gasteiger partial charge on any atom is 0.224 e. The molecule has 0 radical (unpaired) electrons. The van der Waals surface area contributed by atoms with Crippen molar-refractivity contribution in [2.45, 2.75) is 18.9 Å². The highest BCUT2D eigenvalue weighted by atomic mass is 16.5. The van der Waals surface area contributed by atoms with Crippen LogP contribution in [0.4, 0.5) is 17.5 Å². The quantitative estimate of drug-likeness (QED) is 0.808. The molecule has 1 fully saturated rings. The highest BCUT2D eigenvalue weighted by molar-refractivity contribution is 5.66. The number of nitrogens with one attached hydrogen (secondary N) is 2. The third-order valence-corrected chi connectivity index (χ3v) is 3.84. The molecular formula is C17H22N4O3. The molecule has 0 saturated carbocycles. The van der Waals surface area contributed by atoms with E-state index in [9.17, 15) is 0 Å². The van der Waals surface area contributed by atoms with Crippen LogP contribution in [0.1, 0.15) is 12.8 Å². The molecule has 0 aliphatic carbocycles. The van der Waals surface area contributed by atoms with E-state index in [0.717, 1.165) is 30.9 Å². The van der Waals surface area contributed by atoms with Crippen LogP contribution < -0.4 is 20.1 Å². The summed E-state index contributed by atoms with van der Waals surface area (Å²) in [7, 11) is 3.25. The molecule has 1 saturated heterocycles. The molecule has 24 heavy (non-hydrogen) atoms. The second-order valence-electron chi connectivity index (χ2n) is 5.47. The van der Waals surface area contributed by atoms with E-state index in [4.69, 9.17) is 14.2 Å². The lowest BCUT2D eigenvalue weighted by Crippen LogP contribution is -2.19. The Morgan fingerprint density at radius 2 is 2.17 bits per heavy atom. The van der Waals surface area contributed by atoms with Crippen LogP contribution in [0.3, 0.4) is 0 Å². The summed E-state index contributed by atoms with van der Waals surface area (Å²) >= 11 is 0. The molecule has 128 valence electrons. The fourth-order valence-electron chi connectivity index (χ4n) is 2.57. The summed E-state index contributed by atoms with van der Waals surface area (Å²) in [5.74, 6) is 2.69. The van der Waals surface area contributed by atoms with Crippen molar-refractivity contribution in [3.05, 3.63) is 30.5 Å². The molecule has 1 aromatic carbocycles. The predicted octanol–water partition coefficient (Wildman–Crippen LogP) is 2.83. The average Bonchev–Trinajstić information content (AvgIpc) is 3.14. The van der Waals surface area contributed by atoms with Gasteiger partial charge in [0.15, 0.2) is 0 Å². The Morgan fingerprint density at radius 3 is 2.92 bits per heavy atom. The summed E-state index contributed by atoms with van der Waals surface area (Å²) in [5.41, 5.74) is 0.778. The van der Waals surface area contributed by atoms with E-state index in [1.165, 1.54) is 0 Å². The van der Waals surface area contributed by atoms with E-state index >= 15 is 0 Å². The number of benzene rings is 1. The van der Waals surface area contributed by atoms with Crippen molar-refractivity contribution < 1.29 is 14.2 Å². The fraction of sp³-hybridized carbons (Fsp3) is 0.412. The van der Waals surface area contributed by atoms with E-state index in [0.29, 0.717) is 24.1 Å². The molecule has 1 aromatic heterocycles. The van der Waals surface area contributed by atoms with Crippen molar-refractivity contribution in [2.24, 2.45) is 0 Å². The fourth-order valence-corrected chi connectivity index (χ4v) is 2.57. The first kappa shape index (κ1) is 16.3. The zero-order valence-corrected chi connectivity index (χ0v) is 13.9. The van der Waals surface area contributed by atoms with E-state index in [1.807, 2.05) is 18.2 Å². The van der Waals surface area contributed by atoms with Gasteiger partial charge in [0.25, 0.3) is 0 Å². The summed E-state index contributed by atoms with van der Waals surface area (Å²) in [6, 6.07) is 7.36. The molecule has 7 heteroatoms. The van der Waals surface area contributed by atoms with Gasteiger partial charge in [-0.1, -0.05) is 0 Å². The van der Waals surface area contributed by atoms with Gasteiger partial charge in [0, 0.05) is 25.4 Å². The summed E-state index contributed by atoms with van der Waals surface area (Å²) in [5, 5.41) is 6.46. The zero-order valence-electron chi connectivity index (χ0n) is 13.9. The summed E-state index contributed by atoms with van der Waals surface area (Å²) in [6.07, 6.45) is 4.14. The molecule has 1 atom stereocenters. The first-order valence-electron chi connectivity index (χ1n) is 7.96. The van der Waals surface area contributed by atoms with Gasteiger partial charge in [-0.05, 0) is 31.0 Å². The molecule has 7 nitrogen and oxygen atoms in total. The Balaban J connectivity index is 1.69. The largest absolute Gasteiger partial charge is 0.497 e. The van der Waals surface area contributed by atoms with Gasteiger partial charge in [-0.25, -0.2) is 4.98 Å². The Kier molecular flexibility index (Phi) is 5.32. The molecule has 2 N–H and O–H groups in total. The Morgan fingerprint density at radius 1 is 1.25 bits per heavy atom. The summed E-state index contributed by atoms with van der Waals surface area (Å²) in [6.45, 7) is 1.55. The van der Waals surface area contributed by atoms with Crippen LogP contribution >= 0.6 is 0 Å². The number of aromatic nitrogens is 2. The van der Waals surface area contributed by atoms with Crippen LogP contribution in [0, 0.1) is 0 Å². The monoisotopic (exact) mass is 330 g/mol. The first-order valence-corrected chi connectivity index (χ1v) is 7.96. The zero-order chi connectivity index (χ0) is 16.8. The lowest BCUT2D eigenvalue weighted by molar-refractivity contribution is 0.120. The number of nitrogens with zero attached hydrogens (tertiary/aromatic N) is 2. The minimum absolute atomic E-state index is 0.240. The van der Waals surface area contributed by atoms with Crippen LogP contribution in [-0.2, 0) is 4.74 Å². The predicted molar refractivity (Wildman–Crippen MR) is 92.3 cm³/mol. The first-order chi connectivity index (χ1) is 11.8. The third kappa shape index (κ3) is 4.05. The molecule has 3 rings (SSSR count). The molecule has 0 spiro atoms. The number of anilines is 3. The van der Waals surface area contributed by atoms with Crippen molar-refractivity contribution in [2.75, 3.05) is 38.0 Å². The van der Waals surface area contributed by atoms with Gasteiger partial charge in [-0.3, -0.25) is 0 Å². The average molecular weight is 330 g/mol. The number of ether oxygens (including phenoxy) is 3. The van der Waals surface area contributed by atoms with Crippen molar-refractivity contribution in [3.63, 3.8) is 0 Å². The molecule has 0 bridgehead atoms. The molecular weight excluding hydrogens is 308 g/mol. The lowest BCUT2D eigenvalue weighted by atomic mass is 10.2. The molecule has 0 amide bonds. The minimum Gasteiger partial charge on any atom is -0.497 e. The number of methoxy groups -OCH3 is 2. The topological polar surface area (TPSA) is 77.5 Å². The smallest absolute Gasteiger partial charge is 0.224 e. The van der Waals surface area contributed by atoms with Crippen LogP contribution in [0.15, 0.2) is 30.5 Å². The SMILES string of the molecule is COc1ccc(OC)c(Nc2ccnc(NCC3CCCO3)n2)c1. The Bertz CT molecular complexity index is 675. The van der Waals surface area contributed by atoms with Gasteiger partial charge in [-0.2, -0.15) is 4.98 Å². The normalized spacial score (nSPS) is 16.7. The van der Waals surface area contributed by atoms with Crippen LogP contribution in [0.2, 0.25) is 0 Å². The third-order valence-electron chi connectivity index (χ3n) is 3.84. The molecule has 1 unspecified atom stereocenters. The van der Waals surface area contributed by atoms with Crippen LogP contribution in [0.5, 0.6) is 11.5 Å². The maximum atomic E-state index is 5.59. The van der Waals surface area contributed by atoms with Crippen molar-refractivity contribution in [3.8, 4) is 11.5 Å². The summed E-state index contributed by atoms with van der Waals surface area (Å²) in [4.78, 5) is 8.72. The van der Waals surface area contributed by atoms with E-state index in [1.54, 1.807) is 26.5 Å². The van der Waals surface area contributed by atoms with Gasteiger partial charge in [0.2, 0.25) is 5.95 Å². The summed E-state index contributed by atoms with van der Waals surface area (Å²) < 4.78 is 16.2. The van der Waals surface area contributed by atoms with Crippen molar-refractivity contribution >= 4 is 17.5 Å². The number of hydrogen-bond donors (Lipinski definition) is 2. The van der Waals surface area contributed by atoms with Crippen LogP contribution in [-0.4, -0.2) is 43.4 Å². The van der Waals surface area contributed by atoms with Crippen LogP contribution in [0.25, 0.3) is 0 Å². The Hall–Kier alpha value is -2.54. The van der Waals surface area contributed by atoms with Crippen molar-refractivity contribution in [1.29, 1.82) is 0 Å². The Labute approximate surface area is 141 Å².